The van der Waals surface area contributed by atoms with Gasteiger partial charge in [0.1, 0.15) is 5.75 Å². The van der Waals surface area contributed by atoms with Crippen LogP contribution in [-0.2, 0) is 6.42 Å². The lowest BCUT2D eigenvalue weighted by atomic mass is 10.1. The van der Waals surface area contributed by atoms with Crippen LogP contribution in [-0.4, -0.2) is 18.2 Å². The molecular formula is C15H20N2O. The largest absolute Gasteiger partial charge is 0.497 e. The first-order chi connectivity index (χ1) is 8.83. The van der Waals surface area contributed by atoms with Gasteiger partial charge in [-0.15, -0.1) is 0 Å². The van der Waals surface area contributed by atoms with Crippen LogP contribution in [0.5, 0.6) is 5.75 Å². The summed E-state index contributed by atoms with van der Waals surface area (Å²) in [5, 5.41) is 1.33. The number of rotatable bonds is 5. The van der Waals surface area contributed by atoms with Crippen molar-refractivity contribution in [1.29, 1.82) is 0 Å². The molecule has 0 bridgehead atoms. The summed E-state index contributed by atoms with van der Waals surface area (Å²) in [4.78, 5) is 0. The summed E-state index contributed by atoms with van der Waals surface area (Å²) in [6.45, 7) is 0.750. The van der Waals surface area contributed by atoms with Crippen molar-refractivity contribution in [1.82, 2.24) is 4.57 Å². The summed E-state index contributed by atoms with van der Waals surface area (Å²) in [5.74, 6) is 0.935. The maximum atomic E-state index is 5.62. The summed E-state index contributed by atoms with van der Waals surface area (Å²) in [6.07, 6.45) is 7.04. The van der Waals surface area contributed by atoms with Gasteiger partial charge in [0.15, 0.2) is 0 Å². The summed E-state index contributed by atoms with van der Waals surface area (Å²) < 4.78 is 7.76. The Kier molecular flexibility index (Phi) is 3.00. The molecule has 2 N–H and O–H groups in total. The third-order valence-electron chi connectivity index (χ3n) is 3.71. The van der Waals surface area contributed by atoms with E-state index in [2.05, 4.69) is 22.9 Å². The van der Waals surface area contributed by atoms with Gasteiger partial charge >= 0.3 is 0 Å². The number of aryl methyl sites for hydroxylation is 1. The average molecular weight is 244 g/mol. The molecule has 1 aliphatic carbocycles. The van der Waals surface area contributed by atoms with Crippen molar-refractivity contribution >= 4 is 10.9 Å². The van der Waals surface area contributed by atoms with Crippen LogP contribution < -0.4 is 10.5 Å². The molecule has 1 aromatic heterocycles. The second-order valence-corrected chi connectivity index (χ2v) is 5.07. The Morgan fingerprint density at radius 2 is 2.22 bits per heavy atom. The van der Waals surface area contributed by atoms with Crippen molar-refractivity contribution in [2.75, 3.05) is 13.7 Å². The van der Waals surface area contributed by atoms with Crippen molar-refractivity contribution in [3.05, 3.63) is 30.0 Å². The number of fused-ring (bicyclic) bond motifs is 1. The van der Waals surface area contributed by atoms with Gasteiger partial charge in [-0.2, -0.15) is 0 Å². The zero-order valence-electron chi connectivity index (χ0n) is 10.9. The van der Waals surface area contributed by atoms with Gasteiger partial charge in [-0.25, -0.2) is 0 Å². The highest BCUT2D eigenvalue weighted by atomic mass is 16.5. The second-order valence-electron chi connectivity index (χ2n) is 5.07. The van der Waals surface area contributed by atoms with Crippen LogP contribution in [0.3, 0.4) is 0 Å². The predicted molar refractivity (Wildman–Crippen MR) is 74.1 cm³/mol. The number of aromatic nitrogens is 1. The SMILES string of the molecule is COc1ccc2c(c1)c(CCCN)cn2C1CC1. The van der Waals surface area contributed by atoms with Crippen molar-refractivity contribution in [2.45, 2.75) is 31.7 Å². The lowest BCUT2D eigenvalue weighted by molar-refractivity contribution is 0.415. The van der Waals surface area contributed by atoms with E-state index in [1.54, 1.807) is 7.11 Å². The molecule has 1 heterocycles. The first-order valence-electron chi connectivity index (χ1n) is 6.71. The normalized spacial score (nSPS) is 15.2. The van der Waals surface area contributed by atoms with Crippen LogP contribution >= 0.6 is 0 Å². The van der Waals surface area contributed by atoms with Crippen LogP contribution in [0.4, 0.5) is 0 Å². The molecule has 0 amide bonds. The molecule has 18 heavy (non-hydrogen) atoms. The monoisotopic (exact) mass is 244 g/mol. The highest BCUT2D eigenvalue weighted by Gasteiger charge is 2.25. The van der Waals surface area contributed by atoms with E-state index >= 15 is 0 Å². The molecular weight excluding hydrogens is 224 g/mol. The maximum absolute atomic E-state index is 5.62. The molecule has 1 fully saturated rings. The van der Waals surface area contributed by atoms with E-state index in [0.29, 0.717) is 6.04 Å². The average Bonchev–Trinajstić information content (AvgIpc) is 3.18. The number of benzene rings is 1. The number of nitrogens with two attached hydrogens (primary N) is 1. The van der Waals surface area contributed by atoms with E-state index in [1.165, 1.54) is 29.3 Å². The highest BCUT2D eigenvalue weighted by molar-refractivity contribution is 5.85. The predicted octanol–water partition coefficient (Wildman–Crippen LogP) is 2.88. The van der Waals surface area contributed by atoms with E-state index in [-0.39, 0.29) is 0 Å². The molecule has 0 radical (unpaired) electrons. The summed E-state index contributed by atoms with van der Waals surface area (Å²) >= 11 is 0. The Bertz CT molecular complexity index is 555. The number of nitrogens with zero attached hydrogens (tertiary/aromatic N) is 1. The number of methoxy groups -OCH3 is 1. The topological polar surface area (TPSA) is 40.2 Å². The first kappa shape index (κ1) is 11.6. The number of hydrogen-bond acceptors (Lipinski definition) is 2. The molecule has 0 aliphatic heterocycles. The summed E-state index contributed by atoms with van der Waals surface area (Å²) in [6, 6.07) is 7.10. The summed E-state index contributed by atoms with van der Waals surface area (Å²) in [7, 11) is 1.72. The molecule has 2 aromatic rings. The minimum absolute atomic E-state index is 0.715. The van der Waals surface area contributed by atoms with Crippen molar-refractivity contribution in [2.24, 2.45) is 5.73 Å². The van der Waals surface area contributed by atoms with Crippen LogP contribution in [0.2, 0.25) is 0 Å². The smallest absolute Gasteiger partial charge is 0.119 e. The van der Waals surface area contributed by atoms with E-state index in [0.717, 1.165) is 25.1 Å². The molecule has 1 aliphatic rings. The molecule has 3 heteroatoms. The Labute approximate surface area is 108 Å². The Morgan fingerprint density at radius 1 is 1.39 bits per heavy atom. The van der Waals surface area contributed by atoms with Crippen LogP contribution in [0.25, 0.3) is 10.9 Å². The minimum Gasteiger partial charge on any atom is -0.497 e. The third-order valence-corrected chi connectivity index (χ3v) is 3.71. The van der Waals surface area contributed by atoms with E-state index < -0.39 is 0 Å². The fraction of sp³-hybridized carbons (Fsp3) is 0.467. The number of hydrogen-bond donors (Lipinski definition) is 1. The molecule has 96 valence electrons. The van der Waals surface area contributed by atoms with Gasteiger partial charge < -0.3 is 15.0 Å². The fourth-order valence-electron chi connectivity index (χ4n) is 2.58. The van der Waals surface area contributed by atoms with Crippen LogP contribution in [0, 0.1) is 0 Å². The molecule has 1 aromatic carbocycles. The molecule has 1 saturated carbocycles. The maximum Gasteiger partial charge on any atom is 0.119 e. The zero-order chi connectivity index (χ0) is 12.5. The molecule has 0 spiro atoms. The van der Waals surface area contributed by atoms with E-state index in [1.807, 2.05) is 6.07 Å². The molecule has 3 nitrogen and oxygen atoms in total. The van der Waals surface area contributed by atoms with Gasteiger partial charge in [0.05, 0.1) is 7.11 Å². The molecule has 0 unspecified atom stereocenters. The third kappa shape index (κ3) is 1.99. The molecule has 0 saturated heterocycles. The Hall–Kier alpha value is -1.48. The lowest BCUT2D eigenvalue weighted by Gasteiger charge is -2.03. The summed E-state index contributed by atoms with van der Waals surface area (Å²) in [5.41, 5.74) is 8.37. The fourth-order valence-corrected chi connectivity index (χ4v) is 2.58. The van der Waals surface area contributed by atoms with Crippen LogP contribution in [0.1, 0.15) is 30.9 Å². The van der Waals surface area contributed by atoms with Gasteiger partial charge in [-0.1, -0.05) is 0 Å². The van der Waals surface area contributed by atoms with Gasteiger partial charge in [-0.3, -0.25) is 0 Å². The Balaban J connectivity index is 2.07. The van der Waals surface area contributed by atoms with E-state index in [4.69, 9.17) is 10.5 Å². The first-order valence-corrected chi connectivity index (χ1v) is 6.71. The minimum atomic E-state index is 0.715. The Morgan fingerprint density at radius 3 is 2.89 bits per heavy atom. The van der Waals surface area contributed by atoms with Crippen molar-refractivity contribution in [3.8, 4) is 5.75 Å². The highest BCUT2D eigenvalue weighted by Crippen LogP contribution is 2.39. The number of ether oxygens (including phenoxy) is 1. The van der Waals surface area contributed by atoms with Gasteiger partial charge in [0.25, 0.3) is 0 Å². The zero-order valence-corrected chi connectivity index (χ0v) is 10.9. The van der Waals surface area contributed by atoms with Crippen molar-refractivity contribution in [3.63, 3.8) is 0 Å². The van der Waals surface area contributed by atoms with Crippen LogP contribution in [0.15, 0.2) is 24.4 Å². The lowest BCUT2D eigenvalue weighted by Crippen LogP contribution is -2.00. The van der Waals surface area contributed by atoms with Crippen molar-refractivity contribution < 1.29 is 4.74 Å². The second kappa shape index (κ2) is 4.65. The van der Waals surface area contributed by atoms with E-state index in [9.17, 15) is 0 Å². The van der Waals surface area contributed by atoms with Gasteiger partial charge in [0.2, 0.25) is 0 Å². The molecule has 0 atom stereocenters. The van der Waals surface area contributed by atoms with Gasteiger partial charge in [-0.05, 0) is 56.0 Å². The molecule has 3 rings (SSSR count). The standard InChI is InChI=1S/C15H20N2O/c1-18-13-6-7-15-14(9-13)11(3-2-8-16)10-17(15)12-4-5-12/h6-7,9-10,12H,2-5,8,16H2,1H3. The quantitative estimate of drug-likeness (QED) is 0.878. The van der Waals surface area contributed by atoms with Gasteiger partial charge in [0, 0.05) is 23.1 Å².